The number of H-pyrrole nitrogens is 1. The Morgan fingerprint density at radius 1 is 1.06 bits per heavy atom. The molecule has 2 heterocycles. The fraction of sp³-hybridized carbons (Fsp3) is 0.115. The number of aromatic nitrogens is 3. The Kier molecular flexibility index (Phi) is 6.32. The monoisotopic (exact) mass is 463 g/mol. The van der Waals surface area contributed by atoms with Gasteiger partial charge in [0.15, 0.2) is 0 Å². The Morgan fingerprint density at radius 3 is 2.47 bits per heavy atom. The van der Waals surface area contributed by atoms with Crippen molar-refractivity contribution >= 4 is 34.1 Å². The number of benzene rings is 2. The molecule has 0 aliphatic heterocycles. The first-order valence-electron chi connectivity index (χ1n) is 10.5. The molecule has 172 valence electrons. The molecule has 0 fully saturated rings. The molecule has 0 bridgehead atoms. The summed E-state index contributed by atoms with van der Waals surface area (Å²) in [5, 5.41) is 16.6. The van der Waals surface area contributed by atoms with Gasteiger partial charge in [0.1, 0.15) is 0 Å². The highest BCUT2D eigenvalue weighted by Gasteiger charge is 2.34. The van der Waals surface area contributed by atoms with Crippen molar-refractivity contribution in [2.45, 2.75) is 19.5 Å². The molecule has 0 atom stereocenters. The number of fused-ring (bicyclic) bond motifs is 1. The van der Waals surface area contributed by atoms with Crippen LogP contribution in [-0.2, 0) is 11.0 Å². The summed E-state index contributed by atoms with van der Waals surface area (Å²) in [5.74, 6) is -1.07. The lowest BCUT2D eigenvalue weighted by molar-refractivity contribution is -0.138. The summed E-state index contributed by atoms with van der Waals surface area (Å²) >= 11 is 0. The van der Waals surface area contributed by atoms with Crippen molar-refractivity contribution in [3.05, 3.63) is 101 Å². The summed E-state index contributed by atoms with van der Waals surface area (Å²) in [6.45, 7) is 1.82. The molecular formula is C26H20F3N3O2. The molecule has 2 aromatic carbocycles. The van der Waals surface area contributed by atoms with E-state index in [4.69, 9.17) is 5.11 Å². The number of alkyl halides is 3. The van der Waals surface area contributed by atoms with Crippen molar-refractivity contribution in [1.82, 2.24) is 15.2 Å². The first kappa shape index (κ1) is 23.0. The van der Waals surface area contributed by atoms with Crippen LogP contribution < -0.4 is 0 Å². The van der Waals surface area contributed by atoms with Crippen LogP contribution in [0.5, 0.6) is 0 Å². The Morgan fingerprint density at radius 2 is 1.79 bits per heavy atom. The van der Waals surface area contributed by atoms with Gasteiger partial charge in [0.2, 0.25) is 0 Å². The minimum absolute atomic E-state index is 0.0714. The number of aliphatic carboxylic acids is 1. The largest absolute Gasteiger partial charge is 0.478 e. The summed E-state index contributed by atoms with van der Waals surface area (Å²) in [5.41, 5.74) is 3.37. The third-order valence-electron chi connectivity index (χ3n) is 5.45. The van der Waals surface area contributed by atoms with Crippen molar-refractivity contribution in [3.8, 4) is 0 Å². The average Bonchev–Trinajstić information content (AvgIpc) is 3.29. The summed E-state index contributed by atoms with van der Waals surface area (Å²) in [6, 6.07) is 14.0. The number of nitrogens with zero attached hydrogens (tertiary/aromatic N) is 2. The van der Waals surface area contributed by atoms with E-state index in [9.17, 15) is 18.0 Å². The number of rotatable bonds is 6. The lowest BCUT2D eigenvalue weighted by Gasteiger charge is -2.20. The van der Waals surface area contributed by atoms with Gasteiger partial charge in [-0.1, -0.05) is 37.3 Å². The van der Waals surface area contributed by atoms with Gasteiger partial charge in [-0.25, -0.2) is 4.79 Å². The quantitative estimate of drug-likeness (QED) is 0.323. The number of carboxylic acids is 1. The van der Waals surface area contributed by atoms with Gasteiger partial charge in [-0.05, 0) is 64.1 Å². The normalized spacial score (nSPS) is 12.8. The van der Waals surface area contributed by atoms with E-state index in [0.717, 1.165) is 28.7 Å². The van der Waals surface area contributed by atoms with Crippen LogP contribution in [0.15, 0.2) is 73.2 Å². The summed E-state index contributed by atoms with van der Waals surface area (Å²) in [6.07, 6.45) is 2.14. The highest BCUT2D eigenvalue weighted by Crippen LogP contribution is 2.40. The predicted molar refractivity (Wildman–Crippen MR) is 125 cm³/mol. The lowest BCUT2D eigenvalue weighted by atomic mass is 9.86. The molecule has 8 heteroatoms. The first-order chi connectivity index (χ1) is 16.3. The molecule has 5 nitrogen and oxygen atoms in total. The topological polar surface area (TPSA) is 78.9 Å². The first-order valence-corrected chi connectivity index (χ1v) is 10.5. The van der Waals surface area contributed by atoms with E-state index in [-0.39, 0.29) is 5.56 Å². The van der Waals surface area contributed by atoms with Gasteiger partial charge in [0.05, 0.1) is 17.3 Å². The highest BCUT2D eigenvalue weighted by molar-refractivity contribution is 6.01. The number of carboxylic acid groups (broad SMARTS) is 1. The van der Waals surface area contributed by atoms with Gasteiger partial charge in [-0.15, -0.1) is 0 Å². The van der Waals surface area contributed by atoms with Gasteiger partial charge >= 0.3 is 12.1 Å². The minimum Gasteiger partial charge on any atom is -0.478 e. The van der Waals surface area contributed by atoms with E-state index in [1.165, 1.54) is 18.3 Å². The molecule has 0 saturated heterocycles. The Labute approximate surface area is 193 Å². The Hall–Kier alpha value is -4.20. The number of carbonyl (C=O) groups is 1. The SMILES string of the molecule is CC/C(=C(/c1ccc(/C=C/C(=O)O)cc1)c1ccc2[nH]ncc2c1)c1ccncc1C(F)(F)F. The number of hydrogen-bond acceptors (Lipinski definition) is 3. The maximum atomic E-state index is 13.9. The molecule has 0 unspecified atom stereocenters. The van der Waals surface area contributed by atoms with E-state index in [2.05, 4.69) is 15.2 Å². The van der Waals surface area contributed by atoms with Gasteiger partial charge in [-0.2, -0.15) is 18.3 Å². The molecule has 0 aliphatic rings. The summed E-state index contributed by atoms with van der Waals surface area (Å²) in [4.78, 5) is 14.5. The molecule has 0 radical (unpaired) electrons. The van der Waals surface area contributed by atoms with Crippen LogP contribution in [0.25, 0.3) is 28.1 Å². The smallest absolute Gasteiger partial charge is 0.418 e. The maximum Gasteiger partial charge on any atom is 0.418 e. The summed E-state index contributed by atoms with van der Waals surface area (Å²) < 4.78 is 41.6. The molecule has 2 N–H and O–H groups in total. The zero-order valence-corrected chi connectivity index (χ0v) is 18.1. The molecule has 34 heavy (non-hydrogen) atoms. The predicted octanol–water partition coefficient (Wildman–Crippen LogP) is 6.44. The van der Waals surface area contributed by atoms with Crippen LogP contribution in [0.3, 0.4) is 0 Å². The lowest BCUT2D eigenvalue weighted by Crippen LogP contribution is -2.10. The summed E-state index contributed by atoms with van der Waals surface area (Å²) in [7, 11) is 0. The van der Waals surface area contributed by atoms with E-state index in [1.807, 2.05) is 25.1 Å². The van der Waals surface area contributed by atoms with Crippen molar-refractivity contribution in [3.63, 3.8) is 0 Å². The van der Waals surface area contributed by atoms with E-state index in [0.29, 0.717) is 28.7 Å². The number of aromatic amines is 1. The van der Waals surface area contributed by atoms with Crippen LogP contribution in [-0.4, -0.2) is 26.3 Å². The van der Waals surface area contributed by atoms with Crippen LogP contribution in [0.1, 0.15) is 41.2 Å². The maximum absolute atomic E-state index is 13.9. The van der Waals surface area contributed by atoms with Crippen molar-refractivity contribution < 1.29 is 23.1 Å². The van der Waals surface area contributed by atoms with Gasteiger partial charge in [0.25, 0.3) is 0 Å². The van der Waals surface area contributed by atoms with Gasteiger partial charge in [0, 0.05) is 23.9 Å². The second-order valence-electron chi connectivity index (χ2n) is 7.59. The van der Waals surface area contributed by atoms with E-state index in [1.54, 1.807) is 30.5 Å². The number of nitrogens with one attached hydrogen (secondary N) is 1. The Bertz CT molecular complexity index is 1400. The zero-order valence-electron chi connectivity index (χ0n) is 18.1. The average molecular weight is 463 g/mol. The molecule has 0 spiro atoms. The zero-order chi connectivity index (χ0) is 24.3. The van der Waals surface area contributed by atoms with Crippen LogP contribution in [0.4, 0.5) is 13.2 Å². The number of halogens is 3. The van der Waals surface area contributed by atoms with Crippen LogP contribution in [0, 0.1) is 0 Å². The van der Waals surface area contributed by atoms with Crippen molar-refractivity contribution in [2.75, 3.05) is 0 Å². The third-order valence-corrected chi connectivity index (χ3v) is 5.45. The molecule has 0 saturated carbocycles. The molecule has 0 amide bonds. The third kappa shape index (κ3) is 4.76. The van der Waals surface area contributed by atoms with Crippen LogP contribution >= 0.6 is 0 Å². The Balaban J connectivity index is 1.97. The molecule has 4 rings (SSSR count). The molecule has 2 aromatic heterocycles. The number of allylic oxidation sites excluding steroid dienone is 1. The second-order valence-corrected chi connectivity index (χ2v) is 7.59. The second kappa shape index (κ2) is 9.35. The van der Waals surface area contributed by atoms with Gasteiger partial charge < -0.3 is 5.11 Å². The number of pyridine rings is 1. The van der Waals surface area contributed by atoms with E-state index < -0.39 is 17.7 Å². The van der Waals surface area contributed by atoms with Gasteiger partial charge in [-0.3, -0.25) is 10.1 Å². The minimum atomic E-state index is -4.56. The van der Waals surface area contributed by atoms with Crippen molar-refractivity contribution in [1.29, 1.82) is 0 Å². The molecule has 4 aromatic rings. The fourth-order valence-electron chi connectivity index (χ4n) is 3.93. The van der Waals surface area contributed by atoms with Crippen LogP contribution in [0.2, 0.25) is 0 Å². The molecular weight excluding hydrogens is 443 g/mol. The standard InChI is InChI=1S/C26H20F3N3O2/c1-2-20(21-11-12-30-15-22(21)26(27,28)29)25(18-8-9-23-19(13-18)14-31-32-23)17-6-3-16(4-7-17)5-10-24(33)34/h3-15H,2H2,1H3,(H,31,32)(H,33,34)/b10-5+,25-20+. The van der Waals surface area contributed by atoms with E-state index >= 15 is 0 Å². The fourth-order valence-corrected chi connectivity index (χ4v) is 3.93. The van der Waals surface area contributed by atoms with Crippen molar-refractivity contribution in [2.24, 2.45) is 0 Å². The number of hydrogen-bond donors (Lipinski definition) is 2. The highest BCUT2D eigenvalue weighted by atomic mass is 19.4. The molecule has 0 aliphatic carbocycles.